The molecule has 0 unspecified atom stereocenters. The summed E-state index contributed by atoms with van der Waals surface area (Å²) in [5.41, 5.74) is 0.818. The zero-order valence-electron chi connectivity index (χ0n) is 13.7. The average Bonchev–Trinajstić information content (AvgIpc) is 3.04. The number of nitrogens with one attached hydrogen (secondary N) is 1. The van der Waals surface area contributed by atoms with Crippen LogP contribution in [-0.2, 0) is 16.0 Å². The van der Waals surface area contributed by atoms with E-state index in [2.05, 4.69) is 15.5 Å². The van der Waals surface area contributed by atoms with Crippen molar-refractivity contribution >= 4 is 23.5 Å². The molecule has 25 heavy (non-hydrogen) atoms. The number of nitrogens with zero attached hydrogens (tertiary/aromatic N) is 2. The number of rotatable bonds is 10. The summed E-state index contributed by atoms with van der Waals surface area (Å²) in [6, 6.07) is 7.14. The number of aliphatic carboxylic acids is 1. The molecule has 1 aromatic heterocycles. The van der Waals surface area contributed by atoms with E-state index in [1.807, 2.05) is 12.1 Å². The zero-order chi connectivity index (χ0) is 18.1. The summed E-state index contributed by atoms with van der Waals surface area (Å²) in [6.45, 7) is 0.493. The Kier molecular flexibility index (Phi) is 7.40. The van der Waals surface area contributed by atoms with E-state index in [1.165, 1.54) is 0 Å². The maximum Gasteiger partial charge on any atom is 0.303 e. The van der Waals surface area contributed by atoms with Gasteiger partial charge < -0.3 is 14.9 Å². The normalized spacial score (nSPS) is 10.6. The van der Waals surface area contributed by atoms with E-state index < -0.39 is 5.97 Å². The molecule has 1 amide bonds. The number of carboxylic acid groups (broad SMARTS) is 1. The van der Waals surface area contributed by atoms with Gasteiger partial charge in [0, 0.05) is 36.4 Å². The van der Waals surface area contributed by atoms with Gasteiger partial charge in [0.05, 0.1) is 0 Å². The van der Waals surface area contributed by atoms with E-state index in [-0.39, 0.29) is 12.3 Å². The van der Waals surface area contributed by atoms with Crippen LogP contribution in [0.4, 0.5) is 0 Å². The van der Waals surface area contributed by atoms with Crippen molar-refractivity contribution in [1.82, 2.24) is 15.5 Å². The molecule has 0 aliphatic carbocycles. The van der Waals surface area contributed by atoms with Crippen LogP contribution in [0, 0.1) is 0 Å². The van der Waals surface area contributed by atoms with E-state index in [4.69, 9.17) is 21.2 Å². The minimum atomic E-state index is -0.816. The first-order chi connectivity index (χ1) is 12.0. The first-order valence-corrected chi connectivity index (χ1v) is 8.49. The van der Waals surface area contributed by atoms with Crippen LogP contribution in [0.1, 0.15) is 38.0 Å². The van der Waals surface area contributed by atoms with E-state index in [1.54, 1.807) is 12.1 Å². The van der Waals surface area contributed by atoms with Crippen molar-refractivity contribution in [2.24, 2.45) is 0 Å². The number of carbonyl (C=O) groups excluding carboxylic acids is 1. The van der Waals surface area contributed by atoms with E-state index in [0.717, 1.165) is 5.56 Å². The number of benzene rings is 1. The van der Waals surface area contributed by atoms with Crippen LogP contribution in [0.15, 0.2) is 28.8 Å². The van der Waals surface area contributed by atoms with Crippen molar-refractivity contribution in [3.63, 3.8) is 0 Å². The third-order valence-corrected chi connectivity index (χ3v) is 3.76. The molecular weight excluding hydrogens is 346 g/mol. The smallest absolute Gasteiger partial charge is 0.303 e. The summed E-state index contributed by atoms with van der Waals surface area (Å²) < 4.78 is 5.19. The standard InChI is InChI=1S/C17H20ClN3O4/c18-13-9-7-12(8-10-13)17-20-15(25-21-17)5-3-4-14(22)19-11-2-1-6-16(23)24/h7-10H,1-6,11H2,(H,19,22)(H,23,24). The third-order valence-electron chi connectivity index (χ3n) is 3.50. The SMILES string of the molecule is O=C(O)CCCCNC(=O)CCCc1nc(-c2ccc(Cl)cc2)no1. The van der Waals surface area contributed by atoms with E-state index in [0.29, 0.717) is 55.4 Å². The molecule has 0 saturated carbocycles. The lowest BCUT2D eigenvalue weighted by Crippen LogP contribution is -2.24. The molecule has 2 N–H and O–H groups in total. The zero-order valence-corrected chi connectivity index (χ0v) is 14.5. The van der Waals surface area contributed by atoms with Gasteiger partial charge in [-0.15, -0.1) is 0 Å². The Morgan fingerprint density at radius 3 is 2.60 bits per heavy atom. The number of carboxylic acids is 1. The topological polar surface area (TPSA) is 105 Å². The number of amides is 1. The Morgan fingerprint density at radius 1 is 1.12 bits per heavy atom. The van der Waals surface area contributed by atoms with Crippen molar-refractivity contribution in [3.8, 4) is 11.4 Å². The monoisotopic (exact) mass is 365 g/mol. The second kappa shape index (κ2) is 9.78. The molecule has 7 nitrogen and oxygen atoms in total. The van der Waals surface area contributed by atoms with Crippen LogP contribution < -0.4 is 5.32 Å². The molecule has 0 bridgehead atoms. The predicted octanol–water partition coefficient (Wildman–Crippen LogP) is 3.08. The van der Waals surface area contributed by atoms with Gasteiger partial charge in [0.15, 0.2) is 0 Å². The molecular formula is C17H20ClN3O4. The predicted molar refractivity (Wildman–Crippen MR) is 92.2 cm³/mol. The summed E-state index contributed by atoms with van der Waals surface area (Å²) in [5.74, 6) is 0.102. The van der Waals surface area contributed by atoms with Crippen molar-refractivity contribution < 1.29 is 19.2 Å². The molecule has 2 aromatic rings. The number of aryl methyl sites for hydroxylation is 1. The lowest BCUT2D eigenvalue weighted by atomic mass is 10.2. The van der Waals surface area contributed by atoms with E-state index >= 15 is 0 Å². The summed E-state index contributed by atoms with van der Waals surface area (Å²) in [6.07, 6.45) is 2.83. The Morgan fingerprint density at radius 2 is 1.88 bits per heavy atom. The highest BCUT2D eigenvalue weighted by atomic mass is 35.5. The molecule has 0 aliphatic rings. The fourth-order valence-electron chi connectivity index (χ4n) is 2.19. The van der Waals surface area contributed by atoms with Crippen LogP contribution in [-0.4, -0.2) is 33.7 Å². The molecule has 0 atom stereocenters. The Labute approximate surface area is 150 Å². The quantitative estimate of drug-likeness (QED) is 0.627. The van der Waals surface area contributed by atoms with Gasteiger partial charge in [0.2, 0.25) is 17.6 Å². The molecule has 1 heterocycles. The molecule has 0 saturated heterocycles. The molecule has 0 radical (unpaired) electrons. The minimum absolute atomic E-state index is 0.0623. The van der Waals surface area contributed by atoms with Crippen LogP contribution in [0.2, 0.25) is 5.02 Å². The highest BCUT2D eigenvalue weighted by Crippen LogP contribution is 2.19. The minimum Gasteiger partial charge on any atom is -0.481 e. The second-order valence-electron chi connectivity index (χ2n) is 5.57. The molecule has 8 heteroatoms. The van der Waals surface area contributed by atoms with Crippen LogP contribution in [0.3, 0.4) is 0 Å². The number of aromatic nitrogens is 2. The van der Waals surface area contributed by atoms with Gasteiger partial charge in [-0.25, -0.2) is 0 Å². The van der Waals surface area contributed by atoms with Gasteiger partial charge in [-0.3, -0.25) is 9.59 Å². The Hall–Kier alpha value is -2.41. The Balaban J connectivity index is 1.65. The summed E-state index contributed by atoms with van der Waals surface area (Å²) >= 11 is 5.84. The van der Waals surface area contributed by atoms with Gasteiger partial charge >= 0.3 is 5.97 Å². The van der Waals surface area contributed by atoms with Crippen molar-refractivity contribution in [3.05, 3.63) is 35.2 Å². The van der Waals surface area contributed by atoms with Gasteiger partial charge in [0.25, 0.3) is 0 Å². The molecule has 0 aliphatic heterocycles. The van der Waals surface area contributed by atoms with Crippen molar-refractivity contribution in [2.75, 3.05) is 6.54 Å². The van der Waals surface area contributed by atoms with E-state index in [9.17, 15) is 9.59 Å². The number of hydrogen-bond acceptors (Lipinski definition) is 5. The maximum atomic E-state index is 11.7. The summed E-state index contributed by atoms with van der Waals surface area (Å²) in [5, 5.41) is 15.8. The van der Waals surface area contributed by atoms with Crippen LogP contribution in [0.25, 0.3) is 11.4 Å². The summed E-state index contributed by atoms with van der Waals surface area (Å²) in [7, 11) is 0. The lowest BCUT2D eigenvalue weighted by Gasteiger charge is -2.03. The first-order valence-electron chi connectivity index (χ1n) is 8.11. The van der Waals surface area contributed by atoms with Gasteiger partial charge in [-0.2, -0.15) is 4.98 Å². The number of unbranched alkanes of at least 4 members (excludes halogenated alkanes) is 1. The molecule has 1 aromatic carbocycles. The highest BCUT2D eigenvalue weighted by molar-refractivity contribution is 6.30. The average molecular weight is 366 g/mol. The number of hydrogen-bond donors (Lipinski definition) is 2. The fraction of sp³-hybridized carbons (Fsp3) is 0.412. The highest BCUT2D eigenvalue weighted by Gasteiger charge is 2.09. The van der Waals surface area contributed by atoms with Crippen molar-refractivity contribution in [2.45, 2.75) is 38.5 Å². The Bertz CT molecular complexity index is 700. The van der Waals surface area contributed by atoms with Crippen LogP contribution >= 0.6 is 11.6 Å². The largest absolute Gasteiger partial charge is 0.481 e. The molecule has 134 valence electrons. The maximum absolute atomic E-state index is 11.7. The molecule has 0 spiro atoms. The fourth-order valence-corrected chi connectivity index (χ4v) is 2.32. The van der Waals surface area contributed by atoms with Gasteiger partial charge in [-0.1, -0.05) is 16.8 Å². The second-order valence-corrected chi connectivity index (χ2v) is 6.01. The van der Waals surface area contributed by atoms with Crippen LogP contribution in [0.5, 0.6) is 0 Å². The van der Waals surface area contributed by atoms with Crippen molar-refractivity contribution in [1.29, 1.82) is 0 Å². The first kappa shape index (κ1) is 18.9. The third kappa shape index (κ3) is 6.93. The molecule has 2 rings (SSSR count). The summed E-state index contributed by atoms with van der Waals surface area (Å²) in [4.78, 5) is 26.4. The number of carbonyl (C=O) groups is 2. The van der Waals surface area contributed by atoms with Gasteiger partial charge in [0.1, 0.15) is 0 Å². The lowest BCUT2D eigenvalue weighted by molar-refractivity contribution is -0.137. The van der Waals surface area contributed by atoms with Gasteiger partial charge in [-0.05, 0) is 43.5 Å². The number of halogens is 1. The molecule has 0 fully saturated rings.